The van der Waals surface area contributed by atoms with Crippen LogP contribution in [0.1, 0.15) is 40.5 Å². The summed E-state index contributed by atoms with van der Waals surface area (Å²) in [6.45, 7) is 10.4. The van der Waals surface area contributed by atoms with Crippen molar-refractivity contribution in [3.8, 4) is 0 Å². The Morgan fingerprint density at radius 2 is 0.941 bits per heavy atom. The van der Waals surface area contributed by atoms with Crippen molar-refractivity contribution in [3.63, 3.8) is 0 Å². The highest BCUT2D eigenvalue weighted by Crippen LogP contribution is 2.27. The molecule has 4 nitrogen and oxygen atoms in total. The van der Waals surface area contributed by atoms with E-state index in [0.717, 1.165) is 58.8 Å². The van der Waals surface area contributed by atoms with Crippen molar-refractivity contribution in [2.24, 2.45) is 11.8 Å². The van der Waals surface area contributed by atoms with Gasteiger partial charge < -0.3 is 9.13 Å². The summed E-state index contributed by atoms with van der Waals surface area (Å²) in [6.07, 6.45) is 1.99. The molecule has 0 aliphatic heterocycles. The number of rotatable bonds is 6. The fourth-order valence-corrected chi connectivity index (χ4v) is 5.00. The number of hydrogen-bond acceptors (Lipinski definition) is 2. The molecular formula is C30H32N2O2. The van der Waals surface area contributed by atoms with Gasteiger partial charge in [0.2, 0.25) is 0 Å². The van der Waals surface area contributed by atoms with E-state index >= 15 is 0 Å². The van der Waals surface area contributed by atoms with Crippen LogP contribution in [0.15, 0.2) is 70.3 Å². The minimum atomic E-state index is 0.0318. The monoisotopic (exact) mass is 452 g/mol. The topological polar surface area (TPSA) is 44.0 Å². The molecule has 0 fully saturated rings. The molecule has 0 bridgehead atoms. The lowest BCUT2D eigenvalue weighted by Crippen LogP contribution is -2.16. The minimum absolute atomic E-state index is 0.0318. The summed E-state index contributed by atoms with van der Waals surface area (Å²) >= 11 is 0. The smallest absolute Gasteiger partial charge is 0.197 e. The standard InChI is InChI=1S/C30H32N2O2/c1-19(2)13-15-31-25-11-7-5-9-21(25)29(33)23-18-28-24(17-27(23)31)30(34)22-10-6-8-12-26(22)32(28)16-14-20(3)4/h5-12,17-20H,13-16H2,1-4H3. The van der Waals surface area contributed by atoms with Gasteiger partial charge in [-0.25, -0.2) is 0 Å². The second-order valence-corrected chi connectivity index (χ2v) is 10.2. The molecule has 0 saturated heterocycles. The molecule has 3 aromatic carbocycles. The number of pyridine rings is 2. The Labute approximate surface area is 199 Å². The Morgan fingerprint density at radius 3 is 1.32 bits per heavy atom. The number of para-hydroxylation sites is 2. The van der Waals surface area contributed by atoms with Crippen LogP contribution in [0.5, 0.6) is 0 Å². The first kappa shape index (κ1) is 22.4. The molecule has 0 N–H and O–H groups in total. The van der Waals surface area contributed by atoms with Crippen LogP contribution in [0.3, 0.4) is 0 Å². The van der Waals surface area contributed by atoms with Crippen LogP contribution in [-0.4, -0.2) is 9.13 Å². The summed E-state index contributed by atoms with van der Waals surface area (Å²) in [6, 6.07) is 19.6. The van der Waals surface area contributed by atoms with Crippen molar-refractivity contribution >= 4 is 43.6 Å². The number of nitrogens with zero attached hydrogens (tertiary/aromatic N) is 2. The first-order valence-electron chi connectivity index (χ1n) is 12.4. The molecule has 34 heavy (non-hydrogen) atoms. The summed E-state index contributed by atoms with van der Waals surface area (Å²) in [5, 5.41) is 2.83. The Kier molecular flexibility index (Phi) is 5.76. The molecule has 0 aliphatic rings. The van der Waals surface area contributed by atoms with Crippen LogP contribution in [-0.2, 0) is 13.1 Å². The van der Waals surface area contributed by atoms with Crippen LogP contribution < -0.4 is 10.9 Å². The van der Waals surface area contributed by atoms with Crippen molar-refractivity contribution in [1.82, 2.24) is 9.13 Å². The van der Waals surface area contributed by atoms with Crippen molar-refractivity contribution < 1.29 is 0 Å². The van der Waals surface area contributed by atoms with Gasteiger partial charge in [-0.15, -0.1) is 0 Å². The number of aryl methyl sites for hydroxylation is 2. The first-order valence-corrected chi connectivity index (χ1v) is 12.4. The largest absolute Gasteiger partial charge is 0.340 e. The Hall–Kier alpha value is -3.40. The number of aromatic nitrogens is 2. The molecule has 0 spiro atoms. The quantitative estimate of drug-likeness (QED) is 0.269. The Morgan fingerprint density at radius 1 is 0.559 bits per heavy atom. The molecule has 4 heteroatoms. The normalized spacial score (nSPS) is 12.2. The maximum absolute atomic E-state index is 13.6. The van der Waals surface area contributed by atoms with Crippen molar-refractivity contribution in [3.05, 3.63) is 81.1 Å². The summed E-state index contributed by atoms with van der Waals surface area (Å²) in [4.78, 5) is 27.3. The fraction of sp³-hybridized carbons (Fsp3) is 0.333. The maximum atomic E-state index is 13.6. The maximum Gasteiger partial charge on any atom is 0.197 e. The molecule has 0 unspecified atom stereocenters. The Balaban J connectivity index is 1.94. The highest BCUT2D eigenvalue weighted by Gasteiger charge is 2.17. The number of fused-ring (bicyclic) bond motifs is 4. The third kappa shape index (κ3) is 3.71. The van der Waals surface area contributed by atoms with E-state index in [1.54, 1.807) is 0 Å². The zero-order chi connectivity index (χ0) is 24.0. The number of benzene rings is 3. The minimum Gasteiger partial charge on any atom is -0.340 e. The van der Waals surface area contributed by atoms with Crippen LogP contribution >= 0.6 is 0 Å². The van der Waals surface area contributed by atoms with E-state index in [4.69, 9.17) is 0 Å². The number of hydrogen-bond donors (Lipinski definition) is 0. The van der Waals surface area contributed by atoms with Gasteiger partial charge in [-0.05, 0) is 61.1 Å². The van der Waals surface area contributed by atoms with E-state index < -0.39 is 0 Å². The molecule has 174 valence electrons. The first-order chi connectivity index (χ1) is 16.4. The molecule has 0 amide bonds. The SMILES string of the molecule is CC(C)CCn1c2ccccc2c(=O)c2cc3c(cc21)c(=O)c1ccccc1n3CCC(C)C. The van der Waals surface area contributed by atoms with Gasteiger partial charge in [-0.3, -0.25) is 9.59 Å². The lowest BCUT2D eigenvalue weighted by atomic mass is 10.0. The van der Waals surface area contributed by atoms with Gasteiger partial charge in [0.05, 0.1) is 22.1 Å². The van der Waals surface area contributed by atoms with E-state index in [1.165, 1.54) is 0 Å². The molecule has 0 atom stereocenters. The Bertz CT molecular complexity index is 1530. The van der Waals surface area contributed by atoms with Crippen LogP contribution in [0.2, 0.25) is 0 Å². The summed E-state index contributed by atoms with van der Waals surface area (Å²) in [5.41, 5.74) is 3.62. The van der Waals surface area contributed by atoms with Gasteiger partial charge in [0.1, 0.15) is 0 Å². The van der Waals surface area contributed by atoms with E-state index in [-0.39, 0.29) is 10.9 Å². The van der Waals surface area contributed by atoms with Gasteiger partial charge in [-0.2, -0.15) is 0 Å². The predicted octanol–water partition coefficient (Wildman–Crippen LogP) is 6.72. The van der Waals surface area contributed by atoms with E-state index in [9.17, 15) is 9.59 Å². The second kappa shape index (κ2) is 8.75. The van der Waals surface area contributed by atoms with E-state index in [0.29, 0.717) is 22.6 Å². The van der Waals surface area contributed by atoms with Crippen molar-refractivity contribution in [2.45, 2.75) is 53.6 Å². The lowest BCUT2D eigenvalue weighted by molar-refractivity contribution is 0.529. The molecule has 2 aromatic heterocycles. The molecule has 0 saturated carbocycles. The van der Waals surface area contributed by atoms with Gasteiger partial charge in [0, 0.05) is 34.6 Å². The average Bonchev–Trinajstić information content (AvgIpc) is 2.83. The second-order valence-electron chi connectivity index (χ2n) is 10.2. The van der Waals surface area contributed by atoms with Gasteiger partial charge in [0.25, 0.3) is 0 Å². The molecule has 5 rings (SSSR count). The highest BCUT2D eigenvalue weighted by atomic mass is 16.1. The van der Waals surface area contributed by atoms with Crippen molar-refractivity contribution in [1.29, 1.82) is 0 Å². The third-order valence-corrected chi connectivity index (χ3v) is 6.92. The zero-order valence-electron chi connectivity index (χ0n) is 20.5. The molecule has 5 aromatic rings. The van der Waals surface area contributed by atoms with E-state index in [2.05, 4.69) is 36.8 Å². The van der Waals surface area contributed by atoms with Crippen LogP contribution in [0.4, 0.5) is 0 Å². The lowest BCUT2D eigenvalue weighted by Gasteiger charge is -2.20. The van der Waals surface area contributed by atoms with Gasteiger partial charge in [-0.1, -0.05) is 52.0 Å². The molecule has 0 aliphatic carbocycles. The van der Waals surface area contributed by atoms with Crippen LogP contribution in [0.25, 0.3) is 43.6 Å². The highest BCUT2D eigenvalue weighted by molar-refractivity contribution is 6.03. The molecule has 0 radical (unpaired) electrons. The van der Waals surface area contributed by atoms with Gasteiger partial charge >= 0.3 is 0 Å². The summed E-state index contributed by atoms with van der Waals surface area (Å²) in [7, 11) is 0. The third-order valence-electron chi connectivity index (χ3n) is 6.92. The van der Waals surface area contributed by atoms with Crippen molar-refractivity contribution in [2.75, 3.05) is 0 Å². The van der Waals surface area contributed by atoms with Gasteiger partial charge in [0.15, 0.2) is 10.9 Å². The van der Waals surface area contributed by atoms with Crippen LogP contribution in [0, 0.1) is 11.8 Å². The molecule has 2 heterocycles. The summed E-state index contributed by atoms with van der Waals surface area (Å²) in [5.74, 6) is 1.07. The predicted molar refractivity (Wildman–Crippen MR) is 144 cm³/mol. The fourth-order valence-electron chi connectivity index (χ4n) is 5.00. The molecular weight excluding hydrogens is 420 g/mol. The summed E-state index contributed by atoms with van der Waals surface area (Å²) < 4.78 is 4.47. The van der Waals surface area contributed by atoms with E-state index in [1.807, 2.05) is 60.7 Å². The zero-order valence-corrected chi connectivity index (χ0v) is 20.5. The average molecular weight is 453 g/mol.